The summed E-state index contributed by atoms with van der Waals surface area (Å²) < 4.78 is 4.65. The summed E-state index contributed by atoms with van der Waals surface area (Å²) in [6.07, 6.45) is 0. The van der Waals surface area contributed by atoms with Gasteiger partial charge < -0.3 is 16.0 Å². The fourth-order valence-corrected chi connectivity index (χ4v) is 0.462. The molecule has 0 saturated heterocycles. The van der Waals surface area contributed by atoms with Gasteiger partial charge in [0.15, 0.2) is 0 Å². The molecule has 0 aliphatic heterocycles. The average Bonchev–Trinajstić information content (AvgIpc) is 2.39. The number of nitrogens with one attached hydrogen (secondary N) is 1. The van der Waals surface area contributed by atoms with E-state index in [1.165, 1.54) is 0 Å². The summed E-state index contributed by atoms with van der Waals surface area (Å²) in [5, 5.41) is 18.1. The number of rotatable bonds is 1. The van der Waals surface area contributed by atoms with Crippen molar-refractivity contribution in [3.8, 4) is 0 Å². The number of hydrazone groups is 1. The Labute approximate surface area is 60.8 Å². The molecular weight excluding hydrogens is 152 g/mol. The molecule has 0 amide bonds. The lowest BCUT2D eigenvalue weighted by atomic mass is 10.6. The smallest absolute Gasteiger partial charge is 0.313 e. The van der Waals surface area contributed by atoms with Gasteiger partial charge in [0.25, 0.3) is 5.89 Å². The van der Waals surface area contributed by atoms with Crippen LogP contribution in [0, 0.1) is 0 Å². The molecule has 0 aliphatic carbocycles. The Kier molecular flexibility index (Phi) is 1.88. The van der Waals surface area contributed by atoms with Gasteiger partial charge in [-0.15, -0.1) is 5.10 Å². The summed E-state index contributed by atoms with van der Waals surface area (Å²) in [6.45, 7) is 0. The fraction of sp³-hybridized carbons (Fsp3) is 0. The van der Waals surface area contributed by atoms with Crippen LogP contribution < -0.4 is 17.1 Å². The van der Waals surface area contributed by atoms with Crippen molar-refractivity contribution in [3.05, 3.63) is 5.89 Å². The van der Waals surface area contributed by atoms with Crippen LogP contribution >= 0.6 is 0 Å². The Balaban J connectivity index is 2.91. The van der Waals surface area contributed by atoms with Crippen molar-refractivity contribution >= 4 is 11.9 Å². The molecule has 0 fully saturated rings. The van der Waals surface area contributed by atoms with Crippen LogP contribution in [0.25, 0.3) is 0 Å². The van der Waals surface area contributed by atoms with Gasteiger partial charge in [0.2, 0.25) is 5.84 Å². The van der Waals surface area contributed by atoms with Crippen molar-refractivity contribution in [3.63, 3.8) is 0 Å². The number of nitrogen functional groups attached to an aromatic ring is 1. The third-order valence-corrected chi connectivity index (χ3v) is 0.878. The van der Waals surface area contributed by atoms with E-state index in [9.17, 15) is 0 Å². The lowest BCUT2D eigenvalue weighted by Crippen LogP contribution is -2.22. The molecule has 1 heterocycles. The van der Waals surface area contributed by atoms with Crippen molar-refractivity contribution < 1.29 is 9.62 Å². The van der Waals surface area contributed by atoms with E-state index >= 15 is 0 Å². The quantitative estimate of drug-likeness (QED) is 0.165. The maximum atomic E-state index is 8.36. The first-order chi connectivity index (χ1) is 5.27. The Morgan fingerprint density at radius 3 is 2.73 bits per heavy atom. The molecule has 0 spiro atoms. The Hall–Kier alpha value is -1.83. The molecule has 0 atom stereocenters. The molecule has 1 rings (SSSR count). The van der Waals surface area contributed by atoms with Crippen molar-refractivity contribution in [1.82, 2.24) is 15.7 Å². The van der Waals surface area contributed by atoms with E-state index in [2.05, 4.69) is 19.7 Å². The summed E-state index contributed by atoms with van der Waals surface area (Å²) in [5.74, 6) is 4.60. The standard InChI is InChI=1S/C3H6N6O2/c4-3-8-7-2(11-3)1(6-5)9-10/h10H,5H2,(H2,4,8)(H,6,9). The van der Waals surface area contributed by atoms with Crippen molar-refractivity contribution in [1.29, 1.82) is 0 Å². The molecule has 60 valence electrons. The summed E-state index contributed by atoms with van der Waals surface area (Å²) >= 11 is 0. The van der Waals surface area contributed by atoms with Crippen LogP contribution in [0.5, 0.6) is 0 Å². The summed E-state index contributed by atoms with van der Waals surface area (Å²) in [6, 6.07) is -0.128. The van der Waals surface area contributed by atoms with Crippen molar-refractivity contribution in [2.24, 2.45) is 10.9 Å². The lowest BCUT2D eigenvalue weighted by molar-refractivity contribution is 0.232. The predicted molar refractivity (Wildman–Crippen MR) is 34.4 cm³/mol. The van der Waals surface area contributed by atoms with Gasteiger partial charge in [-0.2, -0.15) is 5.10 Å². The molecule has 0 aromatic carbocycles. The van der Waals surface area contributed by atoms with E-state index in [0.29, 0.717) is 0 Å². The van der Waals surface area contributed by atoms with Crippen molar-refractivity contribution in [2.45, 2.75) is 0 Å². The number of nitrogens with two attached hydrogens (primary N) is 2. The summed E-state index contributed by atoms with van der Waals surface area (Å²) in [5.41, 5.74) is 6.73. The molecule has 0 bridgehead atoms. The predicted octanol–water partition coefficient (Wildman–Crippen LogP) is -1.75. The second kappa shape index (κ2) is 2.84. The fourth-order valence-electron chi connectivity index (χ4n) is 0.462. The monoisotopic (exact) mass is 158 g/mol. The Morgan fingerprint density at radius 2 is 2.36 bits per heavy atom. The summed E-state index contributed by atoms with van der Waals surface area (Å²) in [7, 11) is 0. The van der Waals surface area contributed by atoms with Crippen LogP contribution in [0.4, 0.5) is 6.01 Å². The molecule has 8 nitrogen and oxygen atoms in total. The van der Waals surface area contributed by atoms with Crippen molar-refractivity contribution in [2.75, 3.05) is 5.73 Å². The van der Waals surface area contributed by atoms with Gasteiger partial charge in [-0.25, -0.2) is 5.48 Å². The number of hydrogen-bond acceptors (Lipinski definition) is 7. The van der Waals surface area contributed by atoms with Crippen LogP contribution in [0.1, 0.15) is 5.89 Å². The second-order valence-corrected chi connectivity index (χ2v) is 1.53. The molecule has 0 unspecified atom stereocenters. The molecule has 1 aromatic rings. The van der Waals surface area contributed by atoms with Gasteiger partial charge >= 0.3 is 6.01 Å². The van der Waals surface area contributed by atoms with Gasteiger partial charge in [0, 0.05) is 0 Å². The molecule has 0 saturated carbocycles. The number of amidine groups is 1. The average molecular weight is 158 g/mol. The Morgan fingerprint density at radius 1 is 1.64 bits per heavy atom. The maximum Gasteiger partial charge on any atom is 0.313 e. The number of nitrogens with zero attached hydrogens (tertiary/aromatic N) is 3. The lowest BCUT2D eigenvalue weighted by Gasteiger charge is -1.93. The highest BCUT2D eigenvalue weighted by Crippen LogP contribution is 1.99. The van der Waals surface area contributed by atoms with E-state index in [-0.39, 0.29) is 17.7 Å². The first kappa shape index (κ1) is 7.28. The minimum atomic E-state index is -0.144. The highest BCUT2D eigenvalue weighted by atomic mass is 16.5. The minimum absolute atomic E-state index is 0.0764. The number of aromatic nitrogens is 2. The van der Waals surface area contributed by atoms with E-state index in [4.69, 9.17) is 16.8 Å². The van der Waals surface area contributed by atoms with Gasteiger partial charge in [0.1, 0.15) is 0 Å². The highest BCUT2D eigenvalue weighted by Gasteiger charge is 2.09. The maximum absolute atomic E-state index is 8.36. The van der Waals surface area contributed by atoms with E-state index in [1.54, 1.807) is 5.48 Å². The molecule has 0 radical (unpaired) electrons. The van der Waals surface area contributed by atoms with Crippen LogP contribution in [-0.2, 0) is 0 Å². The number of anilines is 1. The molecule has 0 aliphatic rings. The number of hydroxylamine groups is 1. The van der Waals surface area contributed by atoms with Gasteiger partial charge in [-0.1, -0.05) is 5.10 Å². The van der Waals surface area contributed by atoms with Gasteiger partial charge in [-0.3, -0.25) is 5.21 Å². The van der Waals surface area contributed by atoms with Crippen LogP contribution in [0.15, 0.2) is 9.52 Å². The first-order valence-corrected chi connectivity index (χ1v) is 2.55. The van der Waals surface area contributed by atoms with Crippen LogP contribution in [0.2, 0.25) is 0 Å². The minimum Gasteiger partial charge on any atom is -0.400 e. The normalized spacial score (nSPS) is 11.5. The van der Waals surface area contributed by atoms with E-state index in [0.717, 1.165) is 0 Å². The topological polar surface area (TPSA) is 136 Å². The van der Waals surface area contributed by atoms with E-state index < -0.39 is 0 Å². The third-order valence-electron chi connectivity index (χ3n) is 0.878. The first-order valence-electron chi connectivity index (χ1n) is 2.55. The SMILES string of the molecule is N/N=C(/NO)c1nnc(N)o1. The molecule has 1 aromatic heterocycles. The molecule has 6 N–H and O–H groups in total. The van der Waals surface area contributed by atoms with Crippen LogP contribution in [0.3, 0.4) is 0 Å². The molecule has 11 heavy (non-hydrogen) atoms. The van der Waals surface area contributed by atoms with Gasteiger partial charge in [0.05, 0.1) is 0 Å². The molecular formula is C3H6N6O2. The Bertz CT molecular complexity index is 267. The highest BCUT2D eigenvalue weighted by molar-refractivity contribution is 5.93. The zero-order valence-electron chi connectivity index (χ0n) is 5.35. The zero-order chi connectivity index (χ0) is 8.27. The van der Waals surface area contributed by atoms with E-state index in [1.807, 2.05) is 0 Å². The zero-order valence-corrected chi connectivity index (χ0v) is 5.35. The van der Waals surface area contributed by atoms with Crippen LogP contribution in [-0.4, -0.2) is 21.2 Å². The summed E-state index contributed by atoms with van der Waals surface area (Å²) in [4.78, 5) is 0. The molecule has 8 heteroatoms. The number of hydrogen-bond donors (Lipinski definition) is 4. The van der Waals surface area contributed by atoms with Gasteiger partial charge in [-0.05, 0) is 0 Å². The second-order valence-electron chi connectivity index (χ2n) is 1.53. The largest absolute Gasteiger partial charge is 0.400 e. The third kappa shape index (κ3) is 1.35.